The van der Waals surface area contributed by atoms with E-state index in [0.29, 0.717) is 23.7 Å². The first-order valence-corrected chi connectivity index (χ1v) is 9.66. The average Bonchev–Trinajstić information content (AvgIpc) is 3.22. The molecule has 3 rings (SSSR count). The van der Waals surface area contributed by atoms with Crippen LogP contribution in [0.2, 0.25) is 0 Å². The third kappa shape index (κ3) is 5.01. The molecule has 144 valence electrons. The van der Waals surface area contributed by atoms with Crippen LogP contribution in [0.5, 0.6) is 0 Å². The van der Waals surface area contributed by atoms with E-state index in [0.717, 1.165) is 10.5 Å². The summed E-state index contributed by atoms with van der Waals surface area (Å²) in [6.07, 6.45) is 3.11. The van der Waals surface area contributed by atoms with Gasteiger partial charge in [-0.05, 0) is 49.7 Å². The van der Waals surface area contributed by atoms with E-state index in [9.17, 15) is 9.59 Å². The van der Waals surface area contributed by atoms with Gasteiger partial charge >= 0.3 is 0 Å². The minimum absolute atomic E-state index is 0.229. The molecule has 0 fully saturated rings. The Bertz CT molecular complexity index is 971. The van der Waals surface area contributed by atoms with E-state index in [4.69, 9.17) is 4.42 Å². The Hall–Kier alpha value is -3.06. The molecule has 28 heavy (non-hydrogen) atoms. The van der Waals surface area contributed by atoms with E-state index in [2.05, 4.69) is 21.7 Å². The Balaban J connectivity index is 1.58. The zero-order chi connectivity index (χ0) is 19.9. The minimum atomic E-state index is -0.313. The molecule has 0 bridgehead atoms. The van der Waals surface area contributed by atoms with Gasteiger partial charge < -0.3 is 15.1 Å². The van der Waals surface area contributed by atoms with Crippen LogP contribution in [0.25, 0.3) is 0 Å². The molecule has 0 radical (unpaired) electrons. The second-order valence-corrected chi connectivity index (χ2v) is 7.25. The summed E-state index contributed by atoms with van der Waals surface area (Å²) in [6, 6.07) is 12.9. The van der Waals surface area contributed by atoms with Gasteiger partial charge in [0.25, 0.3) is 11.8 Å². The topological polar surface area (TPSA) is 84.2 Å². The molecule has 0 spiro atoms. The third-order valence-electron chi connectivity index (χ3n) is 3.99. The molecule has 0 aliphatic rings. The summed E-state index contributed by atoms with van der Waals surface area (Å²) in [6.45, 7) is 4.68. The maximum atomic E-state index is 12.6. The van der Waals surface area contributed by atoms with Crippen molar-refractivity contribution in [2.75, 3.05) is 13.1 Å². The van der Waals surface area contributed by atoms with Gasteiger partial charge in [-0.25, -0.2) is 4.98 Å². The maximum absolute atomic E-state index is 12.6. The van der Waals surface area contributed by atoms with Gasteiger partial charge in [-0.15, -0.1) is 0 Å². The number of hydrogen-bond acceptors (Lipinski definition) is 5. The molecule has 3 aromatic rings. The second-order valence-electron chi connectivity index (χ2n) is 6.22. The summed E-state index contributed by atoms with van der Waals surface area (Å²) in [5.74, 6) is -0.301. The van der Waals surface area contributed by atoms with Gasteiger partial charge in [-0.3, -0.25) is 9.59 Å². The molecular formula is C21H21N3O3S. The lowest BCUT2D eigenvalue weighted by atomic mass is 10.2. The molecule has 2 amide bonds. The van der Waals surface area contributed by atoms with Gasteiger partial charge in [0.15, 0.2) is 5.76 Å². The van der Waals surface area contributed by atoms with Crippen molar-refractivity contribution in [1.82, 2.24) is 15.6 Å². The highest BCUT2D eigenvalue weighted by atomic mass is 32.2. The highest BCUT2D eigenvalue weighted by molar-refractivity contribution is 7.99. The monoisotopic (exact) mass is 395 g/mol. The fourth-order valence-corrected chi connectivity index (χ4v) is 3.55. The zero-order valence-electron chi connectivity index (χ0n) is 15.7. The summed E-state index contributed by atoms with van der Waals surface area (Å²) in [5, 5.41) is 6.15. The van der Waals surface area contributed by atoms with E-state index in [1.54, 1.807) is 30.5 Å². The molecular weight excluding hydrogens is 374 g/mol. The van der Waals surface area contributed by atoms with Gasteiger partial charge in [0.2, 0.25) is 0 Å². The van der Waals surface area contributed by atoms with Gasteiger partial charge in [-0.1, -0.05) is 29.5 Å². The Labute approximate surface area is 167 Å². The van der Waals surface area contributed by atoms with E-state index in [1.807, 2.05) is 26.0 Å². The SMILES string of the molecule is Cc1ccc(Sc2ncccc2C(=O)NCCNC(=O)c2ccco2)c(C)c1. The third-order valence-corrected chi connectivity index (χ3v) is 5.19. The lowest BCUT2D eigenvalue weighted by Crippen LogP contribution is -2.34. The summed E-state index contributed by atoms with van der Waals surface area (Å²) < 4.78 is 5.02. The van der Waals surface area contributed by atoms with Crippen molar-refractivity contribution in [2.24, 2.45) is 0 Å². The summed E-state index contributed by atoms with van der Waals surface area (Å²) >= 11 is 1.47. The van der Waals surface area contributed by atoms with Crippen molar-refractivity contribution < 1.29 is 14.0 Å². The molecule has 2 heterocycles. The van der Waals surface area contributed by atoms with E-state index in [-0.39, 0.29) is 17.6 Å². The second kappa shape index (κ2) is 9.23. The summed E-state index contributed by atoms with van der Waals surface area (Å²) in [5.41, 5.74) is 2.84. The first kappa shape index (κ1) is 19.7. The number of aryl methyl sites for hydroxylation is 2. The quantitative estimate of drug-likeness (QED) is 0.597. The van der Waals surface area contributed by atoms with Crippen LogP contribution in [0, 0.1) is 13.8 Å². The number of hydrogen-bond donors (Lipinski definition) is 2. The predicted molar refractivity (Wildman–Crippen MR) is 108 cm³/mol. The fraction of sp³-hybridized carbons (Fsp3) is 0.190. The van der Waals surface area contributed by atoms with Gasteiger partial charge in [-0.2, -0.15) is 0 Å². The van der Waals surface area contributed by atoms with Gasteiger partial charge in [0.1, 0.15) is 5.03 Å². The van der Waals surface area contributed by atoms with E-state index < -0.39 is 0 Å². The molecule has 2 aromatic heterocycles. The highest BCUT2D eigenvalue weighted by Crippen LogP contribution is 2.31. The normalized spacial score (nSPS) is 10.5. The Morgan fingerprint density at radius 1 is 1.04 bits per heavy atom. The smallest absolute Gasteiger partial charge is 0.287 e. The lowest BCUT2D eigenvalue weighted by molar-refractivity contribution is 0.0909. The fourth-order valence-electron chi connectivity index (χ4n) is 2.61. The molecule has 0 atom stereocenters. The van der Waals surface area contributed by atoms with Crippen LogP contribution in [0.1, 0.15) is 32.0 Å². The predicted octanol–water partition coefficient (Wildman–Crippen LogP) is 3.60. The number of benzene rings is 1. The van der Waals surface area contributed by atoms with Crippen LogP contribution in [-0.4, -0.2) is 29.9 Å². The zero-order valence-corrected chi connectivity index (χ0v) is 16.5. The number of nitrogens with one attached hydrogen (secondary N) is 2. The molecule has 1 aromatic carbocycles. The largest absolute Gasteiger partial charge is 0.459 e. The van der Waals surface area contributed by atoms with Crippen LogP contribution in [0.15, 0.2) is 69.3 Å². The number of nitrogens with zero attached hydrogens (tertiary/aromatic N) is 1. The van der Waals surface area contributed by atoms with Crippen molar-refractivity contribution >= 4 is 23.6 Å². The standard InChI is InChI=1S/C21H21N3O3S/c1-14-7-8-18(15(2)13-14)28-21-16(5-3-9-24-21)19(25)22-10-11-23-20(26)17-6-4-12-27-17/h3-9,12-13H,10-11H2,1-2H3,(H,22,25)(H,23,26). The van der Waals surface area contributed by atoms with E-state index in [1.165, 1.54) is 23.6 Å². The van der Waals surface area contributed by atoms with Crippen LogP contribution in [0.3, 0.4) is 0 Å². The van der Waals surface area contributed by atoms with Crippen molar-refractivity contribution in [3.63, 3.8) is 0 Å². The molecule has 0 unspecified atom stereocenters. The Morgan fingerprint density at radius 3 is 2.54 bits per heavy atom. The van der Waals surface area contributed by atoms with Gasteiger partial charge in [0.05, 0.1) is 11.8 Å². The summed E-state index contributed by atoms with van der Waals surface area (Å²) in [7, 11) is 0. The highest BCUT2D eigenvalue weighted by Gasteiger charge is 2.14. The minimum Gasteiger partial charge on any atom is -0.459 e. The molecule has 0 aliphatic heterocycles. The number of carbonyl (C=O) groups is 2. The van der Waals surface area contributed by atoms with Crippen LogP contribution in [-0.2, 0) is 0 Å². The van der Waals surface area contributed by atoms with Crippen molar-refractivity contribution in [2.45, 2.75) is 23.8 Å². The average molecular weight is 395 g/mol. The molecule has 7 heteroatoms. The van der Waals surface area contributed by atoms with E-state index >= 15 is 0 Å². The Morgan fingerprint density at radius 2 is 1.82 bits per heavy atom. The molecule has 0 aliphatic carbocycles. The Kier molecular flexibility index (Phi) is 6.49. The molecule has 6 nitrogen and oxygen atoms in total. The molecule has 0 saturated heterocycles. The first-order valence-electron chi connectivity index (χ1n) is 8.84. The molecule has 2 N–H and O–H groups in total. The lowest BCUT2D eigenvalue weighted by Gasteiger charge is -2.11. The number of aromatic nitrogens is 1. The summed E-state index contributed by atoms with van der Waals surface area (Å²) in [4.78, 5) is 29.8. The first-order chi connectivity index (χ1) is 13.5. The van der Waals surface area contributed by atoms with Crippen molar-refractivity contribution in [3.05, 3.63) is 77.4 Å². The number of amides is 2. The number of pyridine rings is 1. The van der Waals surface area contributed by atoms with Crippen molar-refractivity contribution in [3.8, 4) is 0 Å². The van der Waals surface area contributed by atoms with Crippen LogP contribution in [0.4, 0.5) is 0 Å². The van der Waals surface area contributed by atoms with Crippen LogP contribution < -0.4 is 10.6 Å². The number of furan rings is 1. The number of carbonyl (C=O) groups excluding carboxylic acids is 2. The number of rotatable bonds is 7. The maximum Gasteiger partial charge on any atom is 0.287 e. The van der Waals surface area contributed by atoms with Gasteiger partial charge in [0, 0.05) is 24.2 Å². The molecule has 0 saturated carbocycles. The van der Waals surface area contributed by atoms with Crippen molar-refractivity contribution in [1.29, 1.82) is 0 Å². The van der Waals surface area contributed by atoms with Crippen LogP contribution >= 0.6 is 11.8 Å².